The lowest BCUT2D eigenvalue weighted by atomic mass is 9.84. The number of ether oxygens (including phenoxy) is 1. The predicted molar refractivity (Wildman–Crippen MR) is 107 cm³/mol. The van der Waals surface area contributed by atoms with Crippen LogP contribution >= 0.6 is 0 Å². The summed E-state index contributed by atoms with van der Waals surface area (Å²) in [4.78, 5) is 28.3. The molecule has 0 bridgehead atoms. The predicted octanol–water partition coefficient (Wildman–Crippen LogP) is 3.33. The molecule has 0 aliphatic carbocycles. The number of nitrogens with two attached hydrogens (primary N) is 1. The highest BCUT2D eigenvalue weighted by Gasteiger charge is 2.34. The average molecular weight is 429 g/mol. The molecule has 2 amide bonds. The summed E-state index contributed by atoms with van der Waals surface area (Å²) >= 11 is 0. The van der Waals surface area contributed by atoms with Gasteiger partial charge in [0, 0.05) is 23.5 Å². The Bertz CT molecular complexity index is 1120. The molecule has 160 valence electrons. The number of aliphatic imine (C=N–C) groups is 1. The number of nitrogens with one attached hydrogen (secondary N) is 1. The summed E-state index contributed by atoms with van der Waals surface area (Å²) in [5.74, 6) is -0.676. The second-order valence-corrected chi connectivity index (χ2v) is 7.22. The Balaban J connectivity index is 1.62. The fraction of sp³-hybridized carbons (Fsp3) is 0.227. The van der Waals surface area contributed by atoms with Crippen molar-refractivity contribution in [1.29, 1.82) is 0 Å². The van der Waals surface area contributed by atoms with Crippen LogP contribution in [-0.2, 0) is 17.6 Å². The van der Waals surface area contributed by atoms with Crippen LogP contribution in [0.25, 0.3) is 0 Å². The van der Waals surface area contributed by atoms with E-state index in [4.69, 9.17) is 10.5 Å². The van der Waals surface area contributed by atoms with Crippen molar-refractivity contribution in [2.24, 2.45) is 10.7 Å². The number of rotatable bonds is 5. The standard InChI is InChI=1S/C22H18F3N3O3/c23-22(24,25)17-4-2-1-3-13(17)11-31-18-6-5-12(9-16(18)20(26)30)15-10-19(29)28-21-14(15)7-8-27-21/h1-7,9,15H,8,10-11H2,(H2,26,30)(H,27,28,29). The second kappa shape index (κ2) is 7.90. The third-order valence-corrected chi connectivity index (χ3v) is 5.23. The first-order valence-corrected chi connectivity index (χ1v) is 9.50. The van der Waals surface area contributed by atoms with E-state index < -0.39 is 17.6 Å². The minimum atomic E-state index is -4.52. The molecule has 0 saturated carbocycles. The van der Waals surface area contributed by atoms with E-state index in [1.54, 1.807) is 6.07 Å². The molecule has 0 radical (unpaired) electrons. The molecule has 1 unspecified atom stereocenters. The first kappa shape index (κ1) is 20.6. The highest BCUT2D eigenvalue weighted by molar-refractivity contribution is 6.12. The minimum Gasteiger partial charge on any atom is -0.488 e. The maximum absolute atomic E-state index is 13.2. The van der Waals surface area contributed by atoms with Gasteiger partial charge in [-0.3, -0.25) is 14.6 Å². The van der Waals surface area contributed by atoms with E-state index in [1.807, 2.05) is 6.08 Å². The Morgan fingerprint density at radius 1 is 1.23 bits per heavy atom. The number of amidine groups is 1. The number of primary amides is 1. The molecule has 3 N–H and O–H groups in total. The van der Waals surface area contributed by atoms with Crippen molar-refractivity contribution in [1.82, 2.24) is 5.32 Å². The second-order valence-electron chi connectivity index (χ2n) is 7.22. The molecule has 2 aliphatic heterocycles. The minimum absolute atomic E-state index is 0.0325. The van der Waals surface area contributed by atoms with Gasteiger partial charge < -0.3 is 15.8 Å². The van der Waals surface area contributed by atoms with Gasteiger partial charge in [-0.1, -0.05) is 30.3 Å². The Morgan fingerprint density at radius 3 is 2.74 bits per heavy atom. The molecule has 1 fully saturated rings. The van der Waals surface area contributed by atoms with Crippen LogP contribution in [0.1, 0.15) is 39.4 Å². The van der Waals surface area contributed by atoms with Crippen LogP contribution in [0.3, 0.4) is 0 Å². The molecule has 31 heavy (non-hydrogen) atoms. The Labute approximate surface area is 175 Å². The highest BCUT2D eigenvalue weighted by Crippen LogP contribution is 2.36. The van der Waals surface area contributed by atoms with Crippen LogP contribution in [0, 0.1) is 0 Å². The Hall–Kier alpha value is -3.62. The first-order chi connectivity index (χ1) is 14.7. The lowest BCUT2D eigenvalue weighted by molar-refractivity contribution is -0.138. The van der Waals surface area contributed by atoms with Gasteiger partial charge in [-0.25, -0.2) is 0 Å². The molecule has 1 saturated heterocycles. The van der Waals surface area contributed by atoms with Crippen LogP contribution in [0.15, 0.2) is 59.1 Å². The zero-order valence-corrected chi connectivity index (χ0v) is 16.2. The van der Waals surface area contributed by atoms with Gasteiger partial charge in [-0.15, -0.1) is 0 Å². The molecule has 2 aliphatic rings. The molecule has 4 rings (SSSR count). The van der Waals surface area contributed by atoms with Crippen molar-refractivity contribution >= 4 is 17.6 Å². The van der Waals surface area contributed by atoms with Gasteiger partial charge >= 0.3 is 6.18 Å². The summed E-state index contributed by atoms with van der Waals surface area (Å²) < 4.78 is 45.2. The number of amides is 2. The van der Waals surface area contributed by atoms with Crippen LogP contribution in [-0.4, -0.2) is 24.2 Å². The third-order valence-electron chi connectivity index (χ3n) is 5.23. The lowest BCUT2D eigenvalue weighted by Crippen LogP contribution is -2.39. The number of nitrogens with zero attached hydrogens (tertiary/aromatic N) is 1. The maximum atomic E-state index is 13.2. The molecule has 9 heteroatoms. The van der Waals surface area contributed by atoms with E-state index in [9.17, 15) is 22.8 Å². The van der Waals surface area contributed by atoms with Gasteiger partial charge in [0.15, 0.2) is 0 Å². The molecule has 2 aromatic rings. The molecule has 2 aromatic carbocycles. The number of fused-ring (bicyclic) bond motifs is 1. The number of halogens is 3. The van der Waals surface area contributed by atoms with E-state index in [1.165, 1.54) is 30.3 Å². The van der Waals surface area contributed by atoms with E-state index >= 15 is 0 Å². The van der Waals surface area contributed by atoms with Crippen LogP contribution in [0.2, 0.25) is 0 Å². The van der Waals surface area contributed by atoms with E-state index in [0.717, 1.165) is 11.6 Å². The summed E-state index contributed by atoms with van der Waals surface area (Å²) in [6, 6.07) is 9.75. The number of carbonyl (C=O) groups excluding carboxylic acids is 2. The van der Waals surface area contributed by atoms with Crippen molar-refractivity contribution in [2.75, 3.05) is 6.54 Å². The molecule has 0 spiro atoms. The Morgan fingerprint density at radius 2 is 2.00 bits per heavy atom. The van der Waals surface area contributed by atoms with Gasteiger partial charge in [0.2, 0.25) is 5.91 Å². The quantitative estimate of drug-likeness (QED) is 0.764. The lowest BCUT2D eigenvalue weighted by Gasteiger charge is -2.26. The SMILES string of the molecule is NC(=O)c1cc(C2CC(=O)NC3=NCC=C32)ccc1OCc1ccccc1C(F)(F)F. The van der Waals surface area contributed by atoms with Crippen LogP contribution in [0.5, 0.6) is 5.75 Å². The first-order valence-electron chi connectivity index (χ1n) is 9.50. The molecule has 6 nitrogen and oxygen atoms in total. The van der Waals surface area contributed by atoms with Crippen LogP contribution < -0.4 is 15.8 Å². The van der Waals surface area contributed by atoms with E-state index in [-0.39, 0.29) is 41.7 Å². The number of hydrogen-bond acceptors (Lipinski definition) is 4. The zero-order chi connectivity index (χ0) is 22.2. The van der Waals surface area contributed by atoms with E-state index in [0.29, 0.717) is 17.9 Å². The summed E-state index contributed by atoms with van der Waals surface area (Å²) in [6.45, 7) is 0.0764. The summed E-state index contributed by atoms with van der Waals surface area (Å²) in [6.07, 6.45) is -2.43. The van der Waals surface area contributed by atoms with Gasteiger partial charge in [0.25, 0.3) is 5.91 Å². The molecule has 2 heterocycles. The summed E-state index contributed by atoms with van der Waals surface area (Å²) in [5, 5.41) is 2.72. The van der Waals surface area contributed by atoms with Crippen molar-refractivity contribution in [3.8, 4) is 5.75 Å². The maximum Gasteiger partial charge on any atom is 0.416 e. The fourth-order valence-corrected chi connectivity index (χ4v) is 3.78. The number of benzene rings is 2. The summed E-state index contributed by atoms with van der Waals surface area (Å²) in [5.41, 5.74) is 6.20. The average Bonchev–Trinajstić information content (AvgIpc) is 3.19. The topological polar surface area (TPSA) is 93.8 Å². The van der Waals surface area contributed by atoms with Gasteiger partial charge in [0.05, 0.1) is 17.7 Å². The molecule has 0 aromatic heterocycles. The van der Waals surface area contributed by atoms with Crippen LogP contribution in [0.4, 0.5) is 13.2 Å². The van der Waals surface area contributed by atoms with Gasteiger partial charge in [0.1, 0.15) is 18.2 Å². The van der Waals surface area contributed by atoms with Gasteiger partial charge in [-0.05, 0) is 23.8 Å². The van der Waals surface area contributed by atoms with Gasteiger partial charge in [-0.2, -0.15) is 13.2 Å². The Kier molecular flexibility index (Phi) is 5.26. The van der Waals surface area contributed by atoms with Crippen molar-refractivity contribution in [3.63, 3.8) is 0 Å². The smallest absolute Gasteiger partial charge is 0.416 e. The van der Waals surface area contributed by atoms with Crippen molar-refractivity contribution in [2.45, 2.75) is 25.1 Å². The molecular formula is C22H18F3N3O3. The summed E-state index contributed by atoms with van der Waals surface area (Å²) in [7, 11) is 0. The molecule has 1 atom stereocenters. The van der Waals surface area contributed by atoms with Crippen molar-refractivity contribution in [3.05, 3.63) is 76.4 Å². The zero-order valence-electron chi connectivity index (χ0n) is 16.2. The fourth-order valence-electron chi connectivity index (χ4n) is 3.78. The van der Waals surface area contributed by atoms with Crippen molar-refractivity contribution < 1.29 is 27.5 Å². The third kappa shape index (κ3) is 4.16. The number of carbonyl (C=O) groups is 2. The number of hydrogen-bond donors (Lipinski definition) is 2. The monoisotopic (exact) mass is 429 g/mol. The largest absolute Gasteiger partial charge is 0.488 e. The highest BCUT2D eigenvalue weighted by atomic mass is 19.4. The molecular weight excluding hydrogens is 411 g/mol. The normalized spacial score (nSPS) is 18.0. The van der Waals surface area contributed by atoms with E-state index in [2.05, 4.69) is 10.3 Å². The number of alkyl halides is 3. The number of piperidine rings is 1.